The number of nitrogens with one attached hydrogen (secondary N) is 2. The Kier molecular flexibility index (Phi) is 8.45. The van der Waals surface area contributed by atoms with Crippen LogP contribution < -0.4 is 10.1 Å². The standard InChI is InChI=1S/C28H25N3O7/c29-18-38-28(35)30-13-20-6-11-24-22(12-20)14-31(27(24)34)15-25(32)21-7-9-23(10-8-21)36-17-26(33)37-16-19-4-2-1-3-5-19/h1-12,18,29H,13-17H2,(H,30,35). The van der Waals surface area contributed by atoms with Gasteiger partial charge in [0.15, 0.2) is 18.8 Å². The van der Waals surface area contributed by atoms with Crippen LogP contribution in [0.15, 0.2) is 72.8 Å². The van der Waals surface area contributed by atoms with Crippen LogP contribution in [0.4, 0.5) is 4.79 Å². The summed E-state index contributed by atoms with van der Waals surface area (Å²) >= 11 is 0. The minimum absolute atomic E-state index is 0.0984. The lowest BCUT2D eigenvalue weighted by Crippen LogP contribution is -2.30. The third kappa shape index (κ3) is 6.82. The molecule has 1 heterocycles. The Balaban J connectivity index is 1.25. The van der Waals surface area contributed by atoms with Gasteiger partial charge in [-0.15, -0.1) is 0 Å². The number of hydrogen-bond donors (Lipinski definition) is 2. The molecule has 0 saturated carbocycles. The molecule has 2 N–H and O–H groups in total. The summed E-state index contributed by atoms with van der Waals surface area (Å²) in [4.78, 5) is 50.3. The summed E-state index contributed by atoms with van der Waals surface area (Å²) in [6.45, 7) is 0.242. The molecule has 3 aromatic rings. The van der Waals surface area contributed by atoms with Crippen molar-refractivity contribution >= 4 is 30.2 Å². The summed E-state index contributed by atoms with van der Waals surface area (Å²) < 4.78 is 15.0. The monoisotopic (exact) mass is 515 g/mol. The normalized spacial score (nSPS) is 11.9. The second-order valence-electron chi connectivity index (χ2n) is 8.41. The number of nitrogens with zero attached hydrogens (tertiary/aromatic N) is 1. The molecule has 0 bridgehead atoms. The summed E-state index contributed by atoms with van der Waals surface area (Å²) in [7, 11) is 0. The highest BCUT2D eigenvalue weighted by Crippen LogP contribution is 2.24. The average Bonchev–Trinajstić information content (AvgIpc) is 3.24. The SMILES string of the molecule is N=COC(=O)NCc1ccc2c(c1)CN(CC(=O)c1ccc(OCC(=O)OCc3ccccc3)cc1)C2=O. The van der Waals surface area contributed by atoms with E-state index in [0.29, 0.717) is 23.3 Å². The van der Waals surface area contributed by atoms with Crippen LogP contribution in [-0.4, -0.2) is 48.2 Å². The molecule has 0 saturated heterocycles. The van der Waals surface area contributed by atoms with E-state index in [-0.39, 0.29) is 44.5 Å². The Morgan fingerprint density at radius 1 is 0.974 bits per heavy atom. The van der Waals surface area contributed by atoms with Crippen molar-refractivity contribution in [2.75, 3.05) is 13.2 Å². The van der Waals surface area contributed by atoms with Crippen molar-refractivity contribution in [1.29, 1.82) is 5.41 Å². The van der Waals surface area contributed by atoms with E-state index in [1.807, 2.05) is 30.3 Å². The summed E-state index contributed by atoms with van der Waals surface area (Å²) in [6.07, 6.45) is -0.209. The number of carbonyl (C=O) groups is 4. The molecule has 0 unspecified atom stereocenters. The van der Waals surface area contributed by atoms with E-state index < -0.39 is 12.1 Å². The Morgan fingerprint density at radius 2 is 1.74 bits per heavy atom. The van der Waals surface area contributed by atoms with Crippen LogP contribution in [0.3, 0.4) is 0 Å². The van der Waals surface area contributed by atoms with Gasteiger partial charge in [-0.25, -0.2) is 9.59 Å². The van der Waals surface area contributed by atoms with Crippen LogP contribution in [0.25, 0.3) is 0 Å². The number of amides is 2. The van der Waals surface area contributed by atoms with Gasteiger partial charge in [0.05, 0.1) is 6.54 Å². The van der Waals surface area contributed by atoms with Gasteiger partial charge in [-0.05, 0) is 47.0 Å². The largest absolute Gasteiger partial charge is 0.482 e. The number of benzene rings is 3. The number of ether oxygens (including phenoxy) is 3. The Morgan fingerprint density at radius 3 is 2.47 bits per heavy atom. The second kappa shape index (κ2) is 12.3. The first-order valence-corrected chi connectivity index (χ1v) is 11.7. The maximum atomic E-state index is 12.8. The van der Waals surface area contributed by atoms with Gasteiger partial charge in [0, 0.05) is 24.2 Å². The molecule has 10 heteroatoms. The van der Waals surface area contributed by atoms with Gasteiger partial charge in [0.1, 0.15) is 12.4 Å². The second-order valence-corrected chi connectivity index (χ2v) is 8.41. The first kappa shape index (κ1) is 26.1. The first-order valence-electron chi connectivity index (χ1n) is 11.7. The highest BCUT2D eigenvalue weighted by molar-refractivity contribution is 6.04. The van der Waals surface area contributed by atoms with Gasteiger partial charge in [0.2, 0.25) is 0 Å². The third-order valence-electron chi connectivity index (χ3n) is 5.76. The summed E-state index contributed by atoms with van der Waals surface area (Å²) in [5.74, 6) is -0.582. The van der Waals surface area contributed by atoms with Crippen molar-refractivity contribution in [2.24, 2.45) is 0 Å². The molecular formula is C28H25N3O7. The topological polar surface area (TPSA) is 135 Å². The van der Waals surface area contributed by atoms with E-state index in [0.717, 1.165) is 16.7 Å². The molecule has 3 aromatic carbocycles. The number of ketones is 1. The predicted molar refractivity (Wildman–Crippen MR) is 136 cm³/mol. The zero-order chi connectivity index (χ0) is 26.9. The molecule has 4 rings (SSSR count). The molecule has 0 aromatic heterocycles. The molecule has 194 valence electrons. The van der Waals surface area contributed by atoms with Crippen LogP contribution in [0.1, 0.15) is 37.4 Å². The maximum Gasteiger partial charge on any atom is 0.413 e. The number of fused-ring (bicyclic) bond motifs is 1. The van der Waals surface area contributed by atoms with Crippen molar-refractivity contribution < 1.29 is 33.4 Å². The van der Waals surface area contributed by atoms with Gasteiger partial charge in [-0.2, -0.15) is 0 Å². The average molecular weight is 516 g/mol. The number of rotatable bonds is 11. The number of carbonyl (C=O) groups excluding carboxylic acids is 4. The van der Waals surface area contributed by atoms with Crippen molar-refractivity contribution in [2.45, 2.75) is 19.7 Å². The number of esters is 1. The smallest absolute Gasteiger partial charge is 0.413 e. The van der Waals surface area contributed by atoms with Gasteiger partial charge >= 0.3 is 12.1 Å². The first-order chi connectivity index (χ1) is 18.4. The molecular weight excluding hydrogens is 490 g/mol. The van der Waals surface area contributed by atoms with E-state index in [2.05, 4.69) is 10.1 Å². The highest BCUT2D eigenvalue weighted by atomic mass is 16.6. The van der Waals surface area contributed by atoms with Crippen molar-refractivity contribution in [3.63, 3.8) is 0 Å². The highest BCUT2D eigenvalue weighted by Gasteiger charge is 2.29. The van der Waals surface area contributed by atoms with Gasteiger partial charge in [-0.1, -0.05) is 42.5 Å². The molecule has 2 amide bonds. The third-order valence-corrected chi connectivity index (χ3v) is 5.76. The lowest BCUT2D eigenvalue weighted by Gasteiger charge is -2.14. The lowest BCUT2D eigenvalue weighted by molar-refractivity contribution is -0.147. The molecule has 1 aliphatic rings. The van der Waals surface area contributed by atoms with Crippen molar-refractivity contribution in [3.05, 3.63) is 101 Å². The Bertz CT molecular complexity index is 1340. The van der Waals surface area contributed by atoms with E-state index >= 15 is 0 Å². The molecule has 0 aliphatic carbocycles. The fraction of sp³-hybridized carbons (Fsp3) is 0.179. The van der Waals surface area contributed by atoms with E-state index in [1.165, 1.54) is 4.90 Å². The van der Waals surface area contributed by atoms with Crippen LogP contribution in [0.5, 0.6) is 5.75 Å². The fourth-order valence-electron chi connectivity index (χ4n) is 3.87. The molecule has 0 atom stereocenters. The lowest BCUT2D eigenvalue weighted by atomic mass is 10.1. The zero-order valence-corrected chi connectivity index (χ0v) is 20.3. The molecule has 0 spiro atoms. The molecule has 0 fully saturated rings. The van der Waals surface area contributed by atoms with Gasteiger partial charge in [0.25, 0.3) is 5.91 Å². The van der Waals surface area contributed by atoms with Crippen molar-refractivity contribution in [1.82, 2.24) is 10.2 Å². The fourth-order valence-corrected chi connectivity index (χ4v) is 3.87. The van der Waals surface area contributed by atoms with Crippen LogP contribution in [0.2, 0.25) is 0 Å². The summed E-state index contributed by atoms with van der Waals surface area (Å²) in [5.41, 5.74) is 3.30. The van der Waals surface area contributed by atoms with Crippen molar-refractivity contribution in [3.8, 4) is 5.75 Å². The molecule has 1 aliphatic heterocycles. The minimum Gasteiger partial charge on any atom is -0.482 e. The minimum atomic E-state index is -0.747. The Labute approximate surface area is 218 Å². The van der Waals surface area contributed by atoms with Crippen LogP contribution in [-0.2, 0) is 34.0 Å². The predicted octanol–water partition coefficient (Wildman–Crippen LogP) is 3.48. The quantitative estimate of drug-likeness (QED) is 0.173. The van der Waals surface area contributed by atoms with E-state index in [1.54, 1.807) is 42.5 Å². The molecule has 0 radical (unpaired) electrons. The summed E-state index contributed by atoms with van der Waals surface area (Å²) in [6, 6.07) is 20.8. The number of Topliss-reactive ketones (excluding diaryl/α,β-unsaturated/α-hetero) is 1. The molecule has 38 heavy (non-hydrogen) atoms. The van der Waals surface area contributed by atoms with Crippen LogP contribution >= 0.6 is 0 Å². The van der Waals surface area contributed by atoms with E-state index in [4.69, 9.17) is 14.9 Å². The number of hydrogen-bond acceptors (Lipinski definition) is 8. The van der Waals surface area contributed by atoms with Gasteiger partial charge < -0.3 is 24.4 Å². The number of alkyl carbamates (subject to hydrolysis) is 1. The zero-order valence-electron chi connectivity index (χ0n) is 20.3. The van der Waals surface area contributed by atoms with Crippen LogP contribution in [0, 0.1) is 5.41 Å². The molecule has 10 nitrogen and oxygen atoms in total. The summed E-state index contributed by atoms with van der Waals surface area (Å²) in [5, 5.41) is 9.26. The van der Waals surface area contributed by atoms with E-state index in [9.17, 15) is 19.2 Å². The maximum absolute atomic E-state index is 12.8. The van der Waals surface area contributed by atoms with Gasteiger partial charge in [-0.3, -0.25) is 15.0 Å². The Hall–Kier alpha value is -4.99.